The number of urea groups is 1. The van der Waals surface area contributed by atoms with Crippen molar-refractivity contribution in [1.82, 2.24) is 10.2 Å². The van der Waals surface area contributed by atoms with Gasteiger partial charge in [-0.05, 0) is 24.0 Å². The van der Waals surface area contributed by atoms with Crippen molar-refractivity contribution in [1.29, 1.82) is 0 Å². The largest absolute Gasteiger partial charge is 0.331 e. The quantitative estimate of drug-likeness (QED) is 0.895. The first kappa shape index (κ1) is 15.6. The maximum atomic E-state index is 12.6. The SMILES string of the molecule is CC(c1ccccc1)C(NC(=O)N1CCCC1)c1ccccc1. The molecule has 1 heterocycles. The highest BCUT2D eigenvalue weighted by Crippen LogP contribution is 2.30. The third-order valence-corrected chi connectivity index (χ3v) is 4.66. The van der Waals surface area contributed by atoms with E-state index in [1.807, 2.05) is 29.2 Å². The van der Waals surface area contributed by atoms with Crippen LogP contribution in [0.1, 0.15) is 42.9 Å². The molecule has 1 N–H and O–H groups in total. The Hall–Kier alpha value is -2.29. The predicted molar refractivity (Wildman–Crippen MR) is 93.4 cm³/mol. The minimum Gasteiger partial charge on any atom is -0.331 e. The van der Waals surface area contributed by atoms with E-state index in [9.17, 15) is 4.79 Å². The van der Waals surface area contributed by atoms with Crippen molar-refractivity contribution in [2.75, 3.05) is 13.1 Å². The molecule has 3 heteroatoms. The standard InChI is InChI=1S/C20H24N2O/c1-16(17-10-4-2-5-11-17)19(18-12-6-3-7-13-18)21-20(23)22-14-8-9-15-22/h2-7,10-13,16,19H,8-9,14-15H2,1H3,(H,21,23). The lowest BCUT2D eigenvalue weighted by molar-refractivity contribution is 0.203. The Labute approximate surface area is 138 Å². The Morgan fingerprint density at radius 3 is 2.00 bits per heavy atom. The predicted octanol–water partition coefficient (Wildman–Crippen LogP) is 4.34. The van der Waals surface area contributed by atoms with E-state index >= 15 is 0 Å². The Kier molecular flexibility index (Phi) is 4.96. The zero-order valence-corrected chi connectivity index (χ0v) is 13.6. The van der Waals surface area contributed by atoms with Crippen LogP contribution in [0.2, 0.25) is 0 Å². The lowest BCUT2D eigenvalue weighted by atomic mass is 9.88. The van der Waals surface area contributed by atoms with Gasteiger partial charge in [0.2, 0.25) is 0 Å². The fourth-order valence-corrected chi connectivity index (χ4v) is 3.25. The fraction of sp³-hybridized carbons (Fsp3) is 0.350. The number of carbonyl (C=O) groups excluding carboxylic acids is 1. The van der Waals surface area contributed by atoms with Gasteiger partial charge in [-0.3, -0.25) is 0 Å². The average molecular weight is 308 g/mol. The highest BCUT2D eigenvalue weighted by atomic mass is 16.2. The van der Waals surface area contributed by atoms with Crippen molar-refractivity contribution in [3.8, 4) is 0 Å². The van der Waals surface area contributed by atoms with Crippen LogP contribution in [-0.4, -0.2) is 24.0 Å². The molecule has 0 aliphatic carbocycles. The summed E-state index contributed by atoms with van der Waals surface area (Å²) in [5.41, 5.74) is 2.39. The molecular formula is C20H24N2O. The first-order valence-corrected chi connectivity index (χ1v) is 8.41. The molecule has 1 aliphatic rings. The maximum absolute atomic E-state index is 12.6. The summed E-state index contributed by atoms with van der Waals surface area (Å²) in [6, 6.07) is 20.7. The van der Waals surface area contributed by atoms with Gasteiger partial charge in [0.15, 0.2) is 0 Å². The van der Waals surface area contributed by atoms with Gasteiger partial charge in [0.25, 0.3) is 0 Å². The number of amides is 2. The molecule has 2 amide bonds. The molecule has 3 nitrogen and oxygen atoms in total. The summed E-state index contributed by atoms with van der Waals surface area (Å²) < 4.78 is 0. The van der Waals surface area contributed by atoms with Crippen LogP contribution in [0.25, 0.3) is 0 Å². The second kappa shape index (κ2) is 7.32. The lowest BCUT2D eigenvalue weighted by Crippen LogP contribution is -2.41. The minimum atomic E-state index is -0.0216. The second-order valence-corrected chi connectivity index (χ2v) is 6.23. The van der Waals surface area contributed by atoms with E-state index in [-0.39, 0.29) is 18.0 Å². The first-order chi connectivity index (χ1) is 11.3. The number of nitrogens with one attached hydrogen (secondary N) is 1. The number of carbonyl (C=O) groups is 1. The van der Waals surface area contributed by atoms with Crippen LogP contribution in [0.5, 0.6) is 0 Å². The summed E-state index contributed by atoms with van der Waals surface area (Å²) in [5.74, 6) is 0.213. The molecule has 1 fully saturated rings. The number of nitrogens with zero attached hydrogens (tertiary/aromatic N) is 1. The van der Waals surface area contributed by atoms with E-state index < -0.39 is 0 Å². The fourth-order valence-electron chi connectivity index (χ4n) is 3.25. The molecule has 1 aliphatic heterocycles. The Bertz CT molecular complexity index is 621. The molecule has 2 atom stereocenters. The Morgan fingerprint density at radius 1 is 0.913 bits per heavy atom. The zero-order chi connectivity index (χ0) is 16.1. The number of hydrogen-bond acceptors (Lipinski definition) is 1. The molecule has 0 bridgehead atoms. The van der Waals surface area contributed by atoms with Crippen LogP contribution >= 0.6 is 0 Å². The van der Waals surface area contributed by atoms with Crippen LogP contribution in [0, 0.1) is 0 Å². The molecule has 0 radical (unpaired) electrons. The lowest BCUT2D eigenvalue weighted by Gasteiger charge is -2.28. The van der Waals surface area contributed by atoms with E-state index in [0.29, 0.717) is 0 Å². The summed E-state index contributed by atoms with van der Waals surface area (Å²) in [6.45, 7) is 3.91. The van der Waals surface area contributed by atoms with Crippen LogP contribution in [0.15, 0.2) is 60.7 Å². The van der Waals surface area contributed by atoms with Gasteiger partial charge in [-0.1, -0.05) is 67.6 Å². The van der Waals surface area contributed by atoms with E-state index in [4.69, 9.17) is 0 Å². The molecule has 23 heavy (non-hydrogen) atoms. The Morgan fingerprint density at radius 2 is 1.43 bits per heavy atom. The van der Waals surface area contributed by atoms with Gasteiger partial charge < -0.3 is 10.2 Å². The van der Waals surface area contributed by atoms with Crippen LogP contribution < -0.4 is 5.32 Å². The van der Waals surface area contributed by atoms with Crippen molar-refractivity contribution in [2.45, 2.75) is 31.7 Å². The molecule has 2 aromatic carbocycles. The van der Waals surface area contributed by atoms with Gasteiger partial charge in [-0.2, -0.15) is 0 Å². The van der Waals surface area contributed by atoms with E-state index in [1.165, 1.54) is 5.56 Å². The van der Waals surface area contributed by atoms with Crippen molar-refractivity contribution in [3.05, 3.63) is 71.8 Å². The van der Waals surface area contributed by atoms with E-state index in [2.05, 4.69) is 48.6 Å². The highest BCUT2D eigenvalue weighted by molar-refractivity contribution is 5.75. The molecule has 1 saturated heterocycles. The molecule has 120 valence electrons. The number of likely N-dealkylation sites (tertiary alicyclic amines) is 1. The van der Waals surface area contributed by atoms with Crippen molar-refractivity contribution in [2.24, 2.45) is 0 Å². The van der Waals surface area contributed by atoms with Crippen molar-refractivity contribution < 1.29 is 4.79 Å². The molecule has 0 aromatic heterocycles. The van der Waals surface area contributed by atoms with Gasteiger partial charge >= 0.3 is 6.03 Å². The molecule has 0 spiro atoms. The second-order valence-electron chi connectivity index (χ2n) is 6.23. The van der Waals surface area contributed by atoms with Gasteiger partial charge in [0.05, 0.1) is 6.04 Å². The summed E-state index contributed by atoms with van der Waals surface area (Å²) in [6.07, 6.45) is 2.22. The molecule has 0 saturated carbocycles. The van der Waals surface area contributed by atoms with Gasteiger partial charge in [-0.25, -0.2) is 4.79 Å². The number of hydrogen-bond donors (Lipinski definition) is 1. The zero-order valence-electron chi connectivity index (χ0n) is 13.6. The summed E-state index contributed by atoms with van der Waals surface area (Å²) in [4.78, 5) is 14.5. The monoisotopic (exact) mass is 308 g/mol. The smallest absolute Gasteiger partial charge is 0.317 e. The third-order valence-electron chi connectivity index (χ3n) is 4.66. The van der Waals surface area contributed by atoms with Gasteiger partial charge in [0, 0.05) is 19.0 Å². The average Bonchev–Trinajstić information content (AvgIpc) is 3.15. The van der Waals surface area contributed by atoms with Gasteiger partial charge in [0.1, 0.15) is 0 Å². The van der Waals surface area contributed by atoms with Crippen LogP contribution in [0.3, 0.4) is 0 Å². The third kappa shape index (κ3) is 3.73. The summed E-state index contributed by atoms with van der Waals surface area (Å²) in [7, 11) is 0. The van der Waals surface area contributed by atoms with Gasteiger partial charge in [-0.15, -0.1) is 0 Å². The molecule has 2 unspecified atom stereocenters. The molecular weight excluding hydrogens is 284 g/mol. The molecule has 3 rings (SSSR count). The topological polar surface area (TPSA) is 32.3 Å². The minimum absolute atomic E-state index is 0.0216. The normalized spacial score (nSPS) is 16.8. The van der Waals surface area contributed by atoms with Crippen LogP contribution in [-0.2, 0) is 0 Å². The van der Waals surface area contributed by atoms with Crippen LogP contribution in [0.4, 0.5) is 4.79 Å². The first-order valence-electron chi connectivity index (χ1n) is 8.41. The maximum Gasteiger partial charge on any atom is 0.317 e. The summed E-state index contributed by atoms with van der Waals surface area (Å²) >= 11 is 0. The van der Waals surface area contributed by atoms with Crippen molar-refractivity contribution in [3.63, 3.8) is 0 Å². The van der Waals surface area contributed by atoms with E-state index in [0.717, 1.165) is 31.5 Å². The Balaban J connectivity index is 1.83. The number of rotatable bonds is 4. The van der Waals surface area contributed by atoms with Crippen molar-refractivity contribution >= 4 is 6.03 Å². The molecule has 2 aromatic rings. The highest BCUT2D eigenvalue weighted by Gasteiger charge is 2.26. The number of benzene rings is 2. The van der Waals surface area contributed by atoms with E-state index in [1.54, 1.807) is 0 Å². The summed E-state index contributed by atoms with van der Waals surface area (Å²) in [5, 5.41) is 3.26.